The predicted molar refractivity (Wildman–Crippen MR) is 219 cm³/mol. The van der Waals surface area contributed by atoms with Gasteiger partial charge in [-0.3, -0.25) is 4.98 Å². The second-order valence-corrected chi connectivity index (χ2v) is 20.2. The van der Waals surface area contributed by atoms with E-state index in [1.165, 1.54) is 52.3 Å². The average molecular weight is 872 g/mol. The molecule has 6 aromatic carbocycles. The smallest absolute Gasteiger partial charge is 0.0795 e. The summed E-state index contributed by atoms with van der Waals surface area (Å²) in [5, 5.41) is 11.4. The number of rotatable bonds is 4. The monoisotopic (exact) mass is 872 g/mol. The number of pyridine rings is 2. The Morgan fingerprint density at radius 1 is 0.686 bits per heavy atom. The van der Waals surface area contributed by atoms with Crippen LogP contribution in [0.5, 0.6) is 0 Å². The average Bonchev–Trinajstić information content (AvgIpc) is 3.55. The van der Waals surface area contributed by atoms with Crippen LogP contribution in [-0.4, -0.2) is 18.0 Å². The first-order valence-electron chi connectivity index (χ1n) is 17.6. The Kier molecular flexibility index (Phi) is 9.39. The van der Waals surface area contributed by atoms with Gasteiger partial charge in [-0.2, -0.15) is 11.3 Å². The Morgan fingerprint density at radius 2 is 1.43 bits per heavy atom. The molecule has 0 aliphatic heterocycles. The molecule has 9 rings (SSSR count). The fourth-order valence-corrected chi connectivity index (χ4v) is 9.08. The molecular weight excluding hydrogens is 833 g/mol. The van der Waals surface area contributed by atoms with Crippen molar-refractivity contribution >= 4 is 77.1 Å². The van der Waals surface area contributed by atoms with Gasteiger partial charge in [0.25, 0.3) is 0 Å². The standard InChI is InChI=1S/C32H22NS.C14H16NSi.Ir/c1-19(2)21-15-16-33-29(18-21)28-17-22-8-4-6-10-24(22)30-27-14-13-25-23-9-5-3-7-20(23)11-12-26(25)31(27)34-32(28)30;1-16(2,3)13-9-10-14(15-11-13)12-7-5-4-6-8-12;/h3-16,18-19H,1-2H3;4-7,9-11H,1-3H3;/q2*-1;/i19D;;. The Balaban J connectivity index is 0.000000209. The van der Waals surface area contributed by atoms with Gasteiger partial charge in [-0.15, -0.1) is 53.4 Å². The van der Waals surface area contributed by atoms with Crippen LogP contribution in [0.15, 0.2) is 134 Å². The Labute approximate surface area is 320 Å². The number of thiophene rings is 1. The number of fused-ring (bicyclic) bond motifs is 9. The van der Waals surface area contributed by atoms with Crippen LogP contribution in [-0.2, 0) is 20.1 Å². The fraction of sp³-hybridized carbons (Fsp3) is 0.130. The maximum Gasteiger partial charge on any atom is 0.0795 e. The van der Waals surface area contributed by atoms with Gasteiger partial charge in [0.05, 0.1) is 8.07 Å². The minimum atomic E-state index is -1.23. The molecule has 0 fully saturated rings. The summed E-state index contributed by atoms with van der Waals surface area (Å²) in [5.41, 5.74) is 4.90. The zero-order chi connectivity index (χ0) is 35.3. The number of aromatic nitrogens is 2. The predicted octanol–water partition coefficient (Wildman–Crippen LogP) is 12.6. The number of hydrogen-bond acceptors (Lipinski definition) is 3. The molecule has 0 N–H and O–H groups in total. The summed E-state index contributed by atoms with van der Waals surface area (Å²) in [6.07, 6.45) is 3.84. The van der Waals surface area contributed by atoms with E-state index in [-0.39, 0.29) is 20.1 Å². The molecule has 0 atom stereocenters. The molecule has 9 aromatic rings. The largest absolute Gasteiger partial charge is 0.305 e. The van der Waals surface area contributed by atoms with Crippen molar-refractivity contribution in [1.82, 2.24) is 9.97 Å². The Hall–Kier alpha value is -4.51. The molecule has 0 unspecified atom stereocenters. The van der Waals surface area contributed by atoms with E-state index in [4.69, 9.17) is 6.35 Å². The van der Waals surface area contributed by atoms with Crippen molar-refractivity contribution in [3.05, 3.63) is 151 Å². The third-order valence-corrected chi connectivity index (χ3v) is 12.8. The fourth-order valence-electron chi connectivity index (χ4n) is 6.70. The van der Waals surface area contributed by atoms with E-state index in [1.807, 2.05) is 67.9 Å². The summed E-state index contributed by atoms with van der Waals surface area (Å²) in [6, 6.07) is 49.3. The Bertz CT molecular complexity index is 2710. The molecule has 0 spiro atoms. The second kappa shape index (κ2) is 14.2. The first kappa shape index (κ1) is 33.6. The van der Waals surface area contributed by atoms with E-state index in [2.05, 4.69) is 128 Å². The topological polar surface area (TPSA) is 25.8 Å². The molecule has 51 heavy (non-hydrogen) atoms. The second-order valence-electron chi connectivity index (χ2n) is 14.1. The van der Waals surface area contributed by atoms with Crippen molar-refractivity contribution in [3.8, 4) is 22.5 Å². The van der Waals surface area contributed by atoms with Crippen LogP contribution in [0.3, 0.4) is 0 Å². The summed E-state index contributed by atoms with van der Waals surface area (Å²) in [5.74, 6) is -0.689. The molecule has 3 aromatic heterocycles. The van der Waals surface area contributed by atoms with Crippen LogP contribution in [0.2, 0.25) is 19.6 Å². The summed E-state index contributed by atoms with van der Waals surface area (Å²) in [7, 11) is -1.23. The van der Waals surface area contributed by atoms with Gasteiger partial charge in [0.15, 0.2) is 0 Å². The first-order chi connectivity index (χ1) is 24.6. The van der Waals surface area contributed by atoms with Crippen molar-refractivity contribution in [2.24, 2.45) is 0 Å². The van der Waals surface area contributed by atoms with Gasteiger partial charge >= 0.3 is 0 Å². The first-order valence-corrected chi connectivity index (χ1v) is 21.4. The van der Waals surface area contributed by atoms with Crippen molar-refractivity contribution in [1.29, 1.82) is 0 Å². The summed E-state index contributed by atoms with van der Waals surface area (Å²) in [6.45, 7) is 10.8. The number of hydrogen-bond donors (Lipinski definition) is 0. The van der Waals surface area contributed by atoms with E-state index in [0.29, 0.717) is 0 Å². The van der Waals surface area contributed by atoms with Crippen molar-refractivity contribution in [3.63, 3.8) is 0 Å². The van der Waals surface area contributed by atoms with Crippen molar-refractivity contribution < 1.29 is 21.5 Å². The molecule has 253 valence electrons. The molecule has 2 nitrogen and oxygen atoms in total. The third-order valence-electron chi connectivity index (χ3n) is 9.47. The van der Waals surface area contributed by atoms with Crippen LogP contribution < -0.4 is 5.19 Å². The zero-order valence-corrected chi connectivity index (χ0v) is 33.5. The van der Waals surface area contributed by atoms with E-state index in [0.717, 1.165) is 33.5 Å². The van der Waals surface area contributed by atoms with Gasteiger partial charge in [0.1, 0.15) is 0 Å². The molecule has 0 saturated heterocycles. The van der Waals surface area contributed by atoms with Crippen LogP contribution in [0.1, 0.15) is 26.7 Å². The molecule has 1 radical (unpaired) electrons. The van der Waals surface area contributed by atoms with Crippen molar-refractivity contribution in [2.75, 3.05) is 0 Å². The minimum absolute atomic E-state index is 0. The van der Waals surface area contributed by atoms with E-state index < -0.39 is 14.0 Å². The van der Waals surface area contributed by atoms with Gasteiger partial charge < -0.3 is 4.98 Å². The molecular formula is C46H38IrN2SSi-2. The SMILES string of the molecule is C[Si](C)(C)c1ccc(-c2[c-]cccc2)nc1.[2H]C(C)(C)c1ccnc(-c2[c-]c3ccccc3c3c2sc2c4ccc5ccccc5c4ccc23)c1.[Ir]. The van der Waals surface area contributed by atoms with E-state index in [9.17, 15) is 0 Å². The molecule has 0 aliphatic rings. The van der Waals surface area contributed by atoms with E-state index >= 15 is 0 Å². The van der Waals surface area contributed by atoms with Crippen LogP contribution >= 0.6 is 11.3 Å². The van der Waals surface area contributed by atoms with Crippen LogP contribution in [0.25, 0.3) is 75.0 Å². The maximum absolute atomic E-state index is 8.53. The van der Waals surface area contributed by atoms with E-state index in [1.54, 1.807) is 0 Å². The molecule has 5 heteroatoms. The summed E-state index contributed by atoms with van der Waals surface area (Å²) >= 11 is 1.83. The summed E-state index contributed by atoms with van der Waals surface area (Å²) in [4.78, 5) is 9.26. The quantitative estimate of drug-likeness (QED) is 0.100. The maximum atomic E-state index is 8.53. The van der Waals surface area contributed by atoms with Gasteiger partial charge in [0, 0.05) is 44.3 Å². The molecule has 0 aliphatic carbocycles. The molecule has 0 saturated carbocycles. The van der Waals surface area contributed by atoms with Gasteiger partial charge in [-0.1, -0.05) is 135 Å². The molecule has 0 amide bonds. The van der Waals surface area contributed by atoms with Crippen molar-refractivity contribution in [2.45, 2.75) is 39.4 Å². The third kappa shape index (κ3) is 6.68. The normalized spacial score (nSPS) is 12.1. The zero-order valence-electron chi connectivity index (χ0n) is 30.3. The van der Waals surface area contributed by atoms with Gasteiger partial charge in [-0.05, 0) is 60.0 Å². The number of benzene rings is 6. The molecule has 3 heterocycles. The molecule has 0 bridgehead atoms. The number of nitrogens with zero attached hydrogens (tertiary/aromatic N) is 2. The minimum Gasteiger partial charge on any atom is -0.305 e. The van der Waals surface area contributed by atoms with Gasteiger partial charge in [0.2, 0.25) is 0 Å². The van der Waals surface area contributed by atoms with Crippen LogP contribution in [0.4, 0.5) is 0 Å². The summed E-state index contributed by atoms with van der Waals surface area (Å²) < 4.78 is 11.0. The van der Waals surface area contributed by atoms with Gasteiger partial charge in [-0.25, -0.2) is 0 Å². The Morgan fingerprint density at radius 3 is 2.18 bits per heavy atom. The van der Waals surface area contributed by atoms with Crippen LogP contribution in [0, 0.1) is 12.1 Å².